The third kappa shape index (κ3) is 1.52. The van der Waals surface area contributed by atoms with Crippen LogP contribution in [-0.2, 0) is 7.05 Å². The first-order chi connectivity index (χ1) is 7.77. The third-order valence-electron chi connectivity index (χ3n) is 2.35. The Kier molecular flexibility index (Phi) is 2.61. The average molecular weight is 213 g/mol. The molecule has 0 amide bonds. The van der Waals surface area contributed by atoms with Gasteiger partial charge >= 0.3 is 0 Å². The molecule has 1 heterocycles. The van der Waals surface area contributed by atoms with Crippen molar-refractivity contribution >= 4 is 0 Å². The molecule has 0 N–H and O–H groups in total. The zero-order valence-corrected chi connectivity index (χ0v) is 9.14. The number of methoxy groups -OCH3 is 1. The first-order valence-corrected chi connectivity index (χ1v) is 4.84. The van der Waals surface area contributed by atoms with E-state index in [1.807, 2.05) is 30.3 Å². The minimum Gasteiger partial charge on any atom is -0.480 e. The highest BCUT2D eigenvalue weighted by Gasteiger charge is 2.17. The number of ether oxygens (including phenoxy) is 1. The summed E-state index contributed by atoms with van der Waals surface area (Å²) in [6, 6.07) is 11.7. The van der Waals surface area contributed by atoms with E-state index >= 15 is 0 Å². The highest BCUT2D eigenvalue weighted by atomic mass is 16.5. The van der Waals surface area contributed by atoms with Crippen LogP contribution in [0, 0.1) is 11.3 Å². The summed E-state index contributed by atoms with van der Waals surface area (Å²) in [5.74, 6) is 0.487. The van der Waals surface area contributed by atoms with E-state index in [-0.39, 0.29) is 0 Å². The molecule has 0 spiro atoms. The van der Waals surface area contributed by atoms with E-state index in [4.69, 9.17) is 10.00 Å². The predicted octanol–water partition coefficient (Wildman–Crippen LogP) is 1.97. The number of aromatic nitrogens is 2. The lowest BCUT2D eigenvalue weighted by atomic mass is 10.1. The number of nitrogens with zero attached hydrogens (tertiary/aromatic N) is 3. The molecular formula is C12H11N3O. The summed E-state index contributed by atoms with van der Waals surface area (Å²) < 4.78 is 6.72. The molecule has 0 aliphatic rings. The minimum absolute atomic E-state index is 0.469. The number of benzene rings is 1. The summed E-state index contributed by atoms with van der Waals surface area (Å²) in [4.78, 5) is 0. The van der Waals surface area contributed by atoms with Crippen molar-refractivity contribution in [3.63, 3.8) is 0 Å². The first-order valence-electron chi connectivity index (χ1n) is 4.84. The van der Waals surface area contributed by atoms with E-state index in [1.165, 1.54) is 7.11 Å². The van der Waals surface area contributed by atoms with Gasteiger partial charge in [-0.1, -0.05) is 30.3 Å². The second-order valence-corrected chi connectivity index (χ2v) is 3.33. The summed E-state index contributed by atoms with van der Waals surface area (Å²) in [7, 11) is 3.29. The largest absolute Gasteiger partial charge is 0.480 e. The van der Waals surface area contributed by atoms with E-state index in [9.17, 15) is 0 Å². The number of rotatable bonds is 2. The fraction of sp³-hybridized carbons (Fsp3) is 0.167. The zero-order valence-electron chi connectivity index (χ0n) is 9.14. The molecule has 4 heteroatoms. The quantitative estimate of drug-likeness (QED) is 0.766. The first kappa shape index (κ1) is 10.2. The van der Waals surface area contributed by atoms with Crippen molar-refractivity contribution in [1.82, 2.24) is 9.78 Å². The van der Waals surface area contributed by atoms with Gasteiger partial charge in [-0.05, 0) is 0 Å². The monoisotopic (exact) mass is 213 g/mol. The Hall–Kier alpha value is -2.28. The molecule has 0 fully saturated rings. The maximum atomic E-state index is 9.12. The van der Waals surface area contributed by atoms with Gasteiger partial charge in [-0.15, -0.1) is 0 Å². The molecular weight excluding hydrogens is 202 g/mol. The maximum Gasteiger partial charge on any atom is 0.230 e. The van der Waals surface area contributed by atoms with Gasteiger partial charge < -0.3 is 4.74 Å². The van der Waals surface area contributed by atoms with E-state index in [0.29, 0.717) is 17.1 Å². The Labute approximate surface area is 93.7 Å². The molecule has 0 unspecified atom stereocenters. The molecule has 0 aliphatic heterocycles. The SMILES string of the molecule is COc1c(C#N)c(-c2ccccc2)nn1C. The van der Waals surface area contributed by atoms with Crippen LogP contribution in [0.15, 0.2) is 30.3 Å². The summed E-state index contributed by atoms with van der Waals surface area (Å²) >= 11 is 0. The molecule has 1 aromatic heterocycles. The normalized spacial score (nSPS) is 9.81. The molecule has 2 aromatic rings. The Morgan fingerprint density at radius 1 is 1.31 bits per heavy atom. The second-order valence-electron chi connectivity index (χ2n) is 3.33. The van der Waals surface area contributed by atoms with Crippen LogP contribution >= 0.6 is 0 Å². The molecule has 16 heavy (non-hydrogen) atoms. The lowest BCUT2D eigenvalue weighted by molar-refractivity contribution is 0.372. The molecule has 0 bridgehead atoms. The molecule has 80 valence electrons. The average Bonchev–Trinajstić information content (AvgIpc) is 2.66. The van der Waals surface area contributed by atoms with Gasteiger partial charge in [-0.3, -0.25) is 0 Å². The number of aryl methyl sites for hydroxylation is 1. The third-order valence-corrected chi connectivity index (χ3v) is 2.35. The molecule has 0 saturated heterocycles. The summed E-state index contributed by atoms with van der Waals surface area (Å²) in [6.07, 6.45) is 0. The van der Waals surface area contributed by atoms with Crippen molar-refractivity contribution < 1.29 is 4.74 Å². The van der Waals surface area contributed by atoms with Crippen LogP contribution in [0.3, 0.4) is 0 Å². The van der Waals surface area contributed by atoms with Gasteiger partial charge in [0.1, 0.15) is 17.3 Å². The van der Waals surface area contributed by atoms with Crippen molar-refractivity contribution in [3.8, 4) is 23.2 Å². The summed E-state index contributed by atoms with van der Waals surface area (Å²) in [5.41, 5.74) is 2.04. The Balaban J connectivity index is 2.63. The maximum absolute atomic E-state index is 9.12. The zero-order chi connectivity index (χ0) is 11.5. The molecule has 0 saturated carbocycles. The van der Waals surface area contributed by atoms with Crippen LogP contribution in [0.4, 0.5) is 0 Å². The smallest absolute Gasteiger partial charge is 0.230 e. The Bertz CT molecular complexity index is 537. The van der Waals surface area contributed by atoms with Crippen molar-refractivity contribution in [1.29, 1.82) is 5.26 Å². The van der Waals surface area contributed by atoms with Crippen molar-refractivity contribution in [2.75, 3.05) is 7.11 Å². The van der Waals surface area contributed by atoms with E-state index < -0.39 is 0 Å². The number of hydrogen-bond donors (Lipinski definition) is 0. The van der Waals surface area contributed by atoms with Crippen LogP contribution in [-0.4, -0.2) is 16.9 Å². The van der Waals surface area contributed by atoms with E-state index in [0.717, 1.165) is 5.56 Å². The van der Waals surface area contributed by atoms with Gasteiger partial charge in [-0.2, -0.15) is 10.4 Å². The van der Waals surface area contributed by atoms with Crippen LogP contribution < -0.4 is 4.74 Å². The van der Waals surface area contributed by atoms with Gasteiger partial charge in [0, 0.05) is 12.6 Å². The van der Waals surface area contributed by atoms with Gasteiger partial charge in [0.05, 0.1) is 7.11 Å². The molecule has 4 nitrogen and oxygen atoms in total. The summed E-state index contributed by atoms with van der Waals surface area (Å²) in [5, 5.41) is 13.4. The van der Waals surface area contributed by atoms with Crippen LogP contribution in [0.5, 0.6) is 5.88 Å². The van der Waals surface area contributed by atoms with Crippen molar-refractivity contribution in [3.05, 3.63) is 35.9 Å². The van der Waals surface area contributed by atoms with Gasteiger partial charge in [0.2, 0.25) is 5.88 Å². The van der Waals surface area contributed by atoms with Gasteiger partial charge in [0.15, 0.2) is 0 Å². The number of hydrogen-bond acceptors (Lipinski definition) is 3. The standard InChI is InChI=1S/C12H11N3O/c1-15-12(16-2)10(8-13)11(14-15)9-6-4-3-5-7-9/h3-7H,1-2H3. The molecule has 0 atom stereocenters. The lowest BCUT2D eigenvalue weighted by Gasteiger charge is -1.98. The van der Waals surface area contributed by atoms with E-state index in [2.05, 4.69) is 11.2 Å². The van der Waals surface area contributed by atoms with Crippen molar-refractivity contribution in [2.24, 2.45) is 7.05 Å². The fourth-order valence-electron chi connectivity index (χ4n) is 1.64. The number of nitriles is 1. The van der Waals surface area contributed by atoms with Crippen LogP contribution in [0.2, 0.25) is 0 Å². The summed E-state index contributed by atoms with van der Waals surface area (Å²) in [6.45, 7) is 0. The minimum atomic E-state index is 0.469. The second kappa shape index (κ2) is 4.07. The van der Waals surface area contributed by atoms with E-state index in [1.54, 1.807) is 11.7 Å². The molecule has 2 rings (SSSR count). The molecule has 1 aromatic carbocycles. The molecule has 0 radical (unpaired) electrons. The van der Waals surface area contributed by atoms with Crippen LogP contribution in [0.25, 0.3) is 11.3 Å². The Morgan fingerprint density at radius 2 is 2.00 bits per heavy atom. The Morgan fingerprint density at radius 3 is 2.56 bits per heavy atom. The highest BCUT2D eigenvalue weighted by Crippen LogP contribution is 2.28. The lowest BCUT2D eigenvalue weighted by Crippen LogP contribution is -1.95. The van der Waals surface area contributed by atoms with Gasteiger partial charge in [0.25, 0.3) is 0 Å². The van der Waals surface area contributed by atoms with Gasteiger partial charge in [-0.25, -0.2) is 4.68 Å². The van der Waals surface area contributed by atoms with Crippen molar-refractivity contribution in [2.45, 2.75) is 0 Å². The predicted molar refractivity (Wildman–Crippen MR) is 59.9 cm³/mol. The highest BCUT2D eigenvalue weighted by molar-refractivity contribution is 5.69. The molecule has 0 aliphatic carbocycles. The topological polar surface area (TPSA) is 50.8 Å². The van der Waals surface area contributed by atoms with Crippen LogP contribution in [0.1, 0.15) is 5.56 Å². The fourth-order valence-corrected chi connectivity index (χ4v) is 1.64.